The van der Waals surface area contributed by atoms with E-state index in [1.807, 2.05) is 24.3 Å². The van der Waals surface area contributed by atoms with Crippen LogP contribution < -0.4 is 16.0 Å². The smallest absolute Gasteiger partial charge is 0.328 e. The summed E-state index contributed by atoms with van der Waals surface area (Å²) in [6.07, 6.45) is 0.745. The molecule has 200 valence electrons. The van der Waals surface area contributed by atoms with Gasteiger partial charge >= 0.3 is 11.9 Å². The van der Waals surface area contributed by atoms with E-state index in [1.165, 1.54) is 19.8 Å². The molecule has 10 nitrogen and oxygen atoms in total. The first-order chi connectivity index (χ1) is 17.0. The van der Waals surface area contributed by atoms with E-state index >= 15 is 0 Å². The second-order valence-electron chi connectivity index (χ2n) is 8.78. The SMILES string of the molecule is COC(=O)CNC(=O)[C@H](CS)NC(=O)CC[C@H](NC(=O)C(C)c1ccc(CC(C)C)cc1)C(=O)OC. The van der Waals surface area contributed by atoms with Crippen molar-refractivity contribution in [2.45, 2.75) is 58.0 Å². The number of methoxy groups -OCH3 is 2. The molecule has 1 rings (SSSR count). The Labute approximate surface area is 217 Å². The molecule has 1 unspecified atom stereocenters. The lowest BCUT2D eigenvalue weighted by Gasteiger charge is -2.20. The molecule has 0 aliphatic rings. The molecule has 0 fully saturated rings. The Kier molecular flexibility index (Phi) is 13.6. The number of hydrogen-bond acceptors (Lipinski definition) is 8. The van der Waals surface area contributed by atoms with Gasteiger partial charge in [-0.3, -0.25) is 19.2 Å². The third-order valence-electron chi connectivity index (χ3n) is 5.45. The number of carbonyl (C=O) groups is 5. The van der Waals surface area contributed by atoms with Crippen LogP contribution in [0.5, 0.6) is 0 Å². The highest BCUT2D eigenvalue weighted by Gasteiger charge is 2.27. The largest absolute Gasteiger partial charge is 0.468 e. The van der Waals surface area contributed by atoms with Crippen molar-refractivity contribution in [2.75, 3.05) is 26.5 Å². The van der Waals surface area contributed by atoms with Gasteiger partial charge in [0.1, 0.15) is 18.6 Å². The summed E-state index contributed by atoms with van der Waals surface area (Å²) in [7, 11) is 2.38. The van der Waals surface area contributed by atoms with Gasteiger partial charge in [0, 0.05) is 12.2 Å². The molecular formula is C25H37N3O7S. The summed E-state index contributed by atoms with van der Waals surface area (Å²) in [5.41, 5.74) is 1.98. The Morgan fingerprint density at radius 1 is 0.889 bits per heavy atom. The number of rotatable bonds is 14. The van der Waals surface area contributed by atoms with E-state index in [4.69, 9.17) is 4.74 Å². The molecule has 11 heteroatoms. The average Bonchev–Trinajstić information content (AvgIpc) is 2.86. The van der Waals surface area contributed by atoms with Gasteiger partial charge < -0.3 is 25.4 Å². The van der Waals surface area contributed by atoms with Gasteiger partial charge in [-0.2, -0.15) is 12.6 Å². The fourth-order valence-electron chi connectivity index (χ4n) is 3.34. The predicted molar refractivity (Wildman–Crippen MR) is 137 cm³/mol. The van der Waals surface area contributed by atoms with Crippen LogP contribution in [0.15, 0.2) is 24.3 Å². The Bertz CT molecular complexity index is 905. The standard InChI is InChI=1S/C25H37N3O7S/c1-15(2)12-17-6-8-18(9-7-17)16(3)23(31)28-19(25(33)35-5)10-11-21(29)27-20(14-36)24(32)26-13-22(30)34-4/h6-9,15-16,19-20,36H,10-14H2,1-5H3,(H,26,32)(H,27,29)(H,28,31)/t16?,19-,20-/m0/s1. The molecule has 3 amide bonds. The molecule has 1 aromatic rings. The Morgan fingerprint density at radius 2 is 1.53 bits per heavy atom. The highest BCUT2D eigenvalue weighted by molar-refractivity contribution is 7.80. The molecule has 0 aliphatic carbocycles. The topological polar surface area (TPSA) is 140 Å². The molecule has 36 heavy (non-hydrogen) atoms. The minimum absolute atomic E-state index is 0.0105. The fraction of sp³-hybridized carbons (Fsp3) is 0.560. The van der Waals surface area contributed by atoms with Crippen molar-refractivity contribution >= 4 is 42.3 Å². The maximum Gasteiger partial charge on any atom is 0.328 e. The third kappa shape index (κ3) is 10.7. The highest BCUT2D eigenvalue weighted by Crippen LogP contribution is 2.18. The molecule has 0 heterocycles. The normalized spacial score (nSPS) is 13.2. The summed E-state index contributed by atoms with van der Waals surface area (Å²) in [5, 5.41) is 7.50. The lowest BCUT2D eigenvalue weighted by Crippen LogP contribution is -2.49. The molecule has 3 N–H and O–H groups in total. The van der Waals surface area contributed by atoms with Crippen molar-refractivity contribution in [1.29, 1.82) is 0 Å². The van der Waals surface area contributed by atoms with Gasteiger partial charge in [0.15, 0.2) is 0 Å². The van der Waals surface area contributed by atoms with Crippen molar-refractivity contribution in [3.8, 4) is 0 Å². The van der Waals surface area contributed by atoms with Gasteiger partial charge in [0.25, 0.3) is 0 Å². The molecule has 0 radical (unpaired) electrons. The van der Waals surface area contributed by atoms with E-state index in [1.54, 1.807) is 6.92 Å². The molecule has 0 aromatic heterocycles. The first-order valence-electron chi connectivity index (χ1n) is 11.7. The van der Waals surface area contributed by atoms with E-state index in [-0.39, 0.29) is 31.0 Å². The lowest BCUT2D eigenvalue weighted by molar-refractivity contribution is -0.145. The number of ether oxygens (including phenoxy) is 2. The summed E-state index contributed by atoms with van der Waals surface area (Å²) in [6, 6.07) is 5.73. The van der Waals surface area contributed by atoms with Gasteiger partial charge in [-0.25, -0.2) is 4.79 Å². The maximum atomic E-state index is 12.8. The van der Waals surface area contributed by atoms with Crippen molar-refractivity contribution in [2.24, 2.45) is 5.92 Å². The van der Waals surface area contributed by atoms with E-state index in [2.05, 4.69) is 47.2 Å². The highest BCUT2D eigenvalue weighted by atomic mass is 32.1. The number of carbonyl (C=O) groups excluding carboxylic acids is 5. The van der Waals surface area contributed by atoms with E-state index < -0.39 is 41.8 Å². The molecule has 3 atom stereocenters. The van der Waals surface area contributed by atoms with Gasteiger partial charge in [-0.05, 0) is 36.8 Å². The van der Waals surface area contributed by atoms with Crippen molar-refractivity contribution in [3.05, 3.63) is 35.4 Å². The van der Waals surface area contributed by atoms with Gasteiger partial charge in [-0.15, -0.1) is 0 Å². The van der Waals surface area contributed by atoms with Crippen LogP contribution in [-0.2, 0) is 39.9 Å². The molecule has 0 saturated heterocycles. The van der Waals surface area contributed by atoms with Crippen molar-refractivity contribution < 1.29 is 33.4 Å². The van der Waals surface area contributed by atoms with Crippen molar-refractivity contribution in [3.63, 3.8) is 0 Å². The Hall–Kier alpha value is -3.08. The number of esters is 2. The average molecular weight is 524 g/mol. The number of nitrogens with one attached hydrogen (secondary N) is 3. The quantitative estimate of drug-likeness (QED) is 0.212. The molecule has 0 aliphatic heterocycles. The summed E-state index contributed by atoms with van der Waals surface area (Å²) in [6.45, 7) is 5.66. The number of thiol groups is 1. The van der Waals surface area contributed by atoms with Crippen LogP contribution in [0.1, 0.15) is 50.7 Å². The van der Waals surface area contributed by atoms with Crippen LogP contribution in [0.25, 0.3) is 0 Å². The van der Waals surface area contributed by atoms with E-state index in [0.29, 0.717) is 5.92 Å². The molecule has 1 aromatic carbocycles. The first kappa shape index (κ1) is 31.0. The zero-order chi connectivity index (χ0) is 27.3. The van der Waals surface area contributed by atoms with Crippen LogP contribution in [0.3, 0.4) is 0 Å². The predicted octanol–water partition coefficient (Wildman–Crippen LogP) is 1.13. The summed E-state index contributed by atoms with van der Waals surface area (Å²) in [5.74, 6) is -2.84. The van der Waals surface area contributed by atoms with E-state index in [0.717, 1.165) is 12.0 Å². The maximum absolute atomic E-state index is 12.8. The zero-order valence-electron chi connectivity index (χ0n) is 21.5. The summed E-state index contributed by atoms with van der Waals surface area (Å²) < 4.78 is 9.23. The second-order valence-corrected chi connectivity index (χ2v) is 9.15. The summed E-state index contributed by atoms with van der Waals surface area (Å²) in [4.78, 5) is 60.8. The number of hydrogen-bond donors (Lipinski definition) is 4. The molecule has 0 bridgehead atoms. The molecule has 0 spiro atoms. The van der Waals surface area contributed by atoms with Crippen LogP contribution in [-0.4, -0.2) is 68.3 Å². The molecule has 0 saturated carbocycles. The second kappa shape index (κ2) is 15.8. The van der Waals surface area contributed by atoms with Gasteiger partial charge in [0.2, 0.25) is 17.7 Å². The number of benzene rings is 1. The number of amides is 3. The zero-order valence-corrected chi connectivity index (χ0v) is 22.4. The monoisotopic (exact) mass is 523 g/mol. The summed E-state index contributed by atoms with van der Waals surface area (Å²) >= 11 is 4.06. The van der Waals surface area contributed by atoms with Gasteiger partial charge in [-0.1, -0.05) is 38.1 Å². The Morgan fingerprint density at radius 3 is 2.06 bits per heavy atom. The van der Waals surface area contributed by atoms with Crippen LogP contribution in [0.2, 0.25) is 0 Å². The van der Waals surface area contributed by atoms with Crippen molar-refractivity contribution in [1.82, 2.24) is 16.0 Å². The van der Waals surface area contributed by atoms with Crippen LogP contribution in [0, 0.1) is 5.92 Å². The Balaban J connectivity index is 2.70. The first-order valence-corrected chi connectivity index (χ1v) is 12.4. The third-order valence-corrected chi connectivity index (χ3v) is 5.81. The van der Waals surface area contributed by atoms with Crippen LogP contribution in [0.4, 0.5) is 0 Å². The minimum Gasteiger partial charge on any atom is -0.468 e. The lowest BCUT2D eigenvalue weighted by atomic mass is 9.96. The van der Waals surface area contributed by atoms with Gasteiger partial charge in [0.05, 0.1) is 20.1 Å². The fourth-order valence-corrected chi connectivity index (χ4v) is 3.60. The van der Waals surface area contributed by atoms with E-state index in [9.17, 15) is 24.0 Å². The van der Waals surface area contributed by atoms with Crippen LogP contribution >= 0.6 is 12.6 Å². The molecular weight excluding hydrogens is 486 g/mol. The minimum atomic E-state index is -1.04.